The molecule has 9 nitrogen and oxygen atoms in total. The van der Waals surface area contributed by atoms with Gasteiger partial charge in [0.05, 0.1) is 5.66 Å². The molecule has 0 heterocycles. The van der Waals surface area contributed by atoms with Crippen molar-refractivity contribution in [2.45, 2.75) is 56.5 Å². The molecular weight excluding hydrogens is 345 g/mol. The molecule has 0 aromatic rings. The van der Waals surface area contributed by atoms with Gasteiger partial charge in [0, 0.05) is 0 Å². The summed E-state index contributed by atoms with van der Waals surface area (Å²) in [6, 6.07) is 0. The monoisotopic (exact) mass is 368 g/mol. The maximum absolute atomic E-state index is 11.4. The molecule has 0 aliphatic heterocycles. The van der Waals surface area contributed by atoms with E-state index in [4.69, 9.17) is 19.6 Å². The molecule has 1 unspecified atom stereocenters. The van der Waals surface area contributed by atoms with Crippen molar-refractivity contribution in [2.75, 3.05) is 0 Å². The van der Waals surface area contributed by atoms with Gasteiger partial charge in [0.2, 0.25) is 0 Å². The van der Waals surface area contributed by atoms with E-state index in [2.05, 4.69) is 0 Å². The average molecular weight is 368 g/mol. The van der Waals surface area contributed by atoms with Crippen molar-refractivity contribution in [3.63, 3.8) is 0 Å². The standard InChI is InChI=1S/C9H23O9P3/c1-2-3-4-5-6-7-8(19(10,11)12)9(20(13,14)15)21(16,17)18/h8-9H,2-7H2,1H3,(H2,10,11,12)(H2,13,14,15)(H2,16,17,18). The molecule has 0 rings (SSSR count). The van der Waals surface area contributed by atoms with Gasteiger partial charge in [-0.2, -0.15) is 0 Å². The molecule has 1 atom stereocenters. The van der Waals surface area contributed by atoms with Gasteiger partial charge in [-0.1, -0.05) is 39.0 Å². The molecule has 0 fully saturated rings. The third-order valence-corrected chi connectivity index (χ3v) is 8.86. The van der Waals surface area contributed by atoms with E-state index in [1.165, 1.54) is 0 Å². The highest BCUT2D eigenvalue weighted by Gasteiger charge is 2.54. The minimum atomic E-state index is -5.37. The Kier molecular flexibility index (Phi) is 8.52. The molecule has 0 spiro atoms. The SMILES string of the molecule is CCCCCCCC(C(P(=O)(O)O)P(=O)(O)O)P(=O)(O)O. The summed E-state index contributed by atoms with van der Waals surface area (Å²) in [4.78, 5) is 54.7. The predicted octanol–water partition coefficient (Wildman–Crippen LogP) is 1.57. The van der Waals surface area contributed by atoms with E-state index < -0.39 is 33.8 Å². The van der Waals surface area contributed by atoms with Crippen LogP contribution >= 0.6 is 22.8 Å². The highest BCUT2D eigenvalue weighted by Crippen LogP contribution is 2.67. The molecule has 21 heavy (non-hydrogen) atoms. The van der Waals surface area contributed by atoms with Crippen LogP contribution in [0.2, 0.25) is 0 Å². The average Bonchev–Trinajstić information content (AvgIpc) is 2.21. The molecule has 128 valence electrons. The molecule has 0 bridgehead atoms. The molecule has 0 saturated carbocycles. The van der Waals surface area contributed by atoms with Crippen molar-refractivity contribution in [2.24, 2.45) is 0 Å². The highest BCUT2D eigenvalue weighted by atomic mass is 31.2. The Morgan fingerprint density at radius 3 is 1.48 bits per heavy atom. The first-order chi connectivity index (χ1) is 9.31. The summed E-state index contributed by atoms with van der Waals surface area (Å²) in [5, 5.41) is -2.67. The third kappa shape index (κ3) is 8.03. The van der Waals surface area contributed by atoms with E-state index in [1.54, 1.807) is 0 Å². The Morgan fingerprint density at radius 2 is 1.14 bits per heavy atom. The summed E-state index contributed by atoms with van der Waals surface area (Å²) in [7, 11) is -15.8. The largest absolute Gasteiger partial charge is 0.341 e. The summed E-state index contributed by atoms with van der Waals surface area (Å²) in [6.07, 6.45) is 3.07. The second-order valence-corrected chi connectivity index (χ2v) is 10.7. The Morgan fingerprint density at radius 1 is 0.714 bits per heavy atom. The molecule has 12 heteroatoms. The van der Waals surface area contributed by atoms with E-state index in [0.717, 1.165) is 19.3 Å². The first-order valence-electron chi connectivity index (χ1n) is 6.47. The fraction of sp³-hybridized carbons (Fsp3) is 1.00. The van der Waals surface area contributed by atoms with E-state index in [1.807, 2.05) is 6.92 Å². The van der Waals surface area contributed by atoms with Gasteiger partial charge in [-0.3, -0.25) is 13.7 Å². The third-order valence-electron chi connectivity index (χ3n) is 3.07. The molecule has 0 amide bonds. The molecule has 0 saturated heterocycles. The molecule has 6 N–H and O–H groups in total. The zero-order chi connectivity index (χ0) is 16.9. The molecule has 0 aromatic carbocycles. The van der Waals surface area contributed by atoms with Crippen LogP contribution in [0.4, 0.5) is 0 Å². The smallest absolute Gasteiger partial charge is 0.324 e. The minimum Gasteiger partial charge on any atom is -0.324 e. The van der Waals surface area contributed by atoms with Gasteiger partial charge in [0.25, 0.3) is 0 Å². The van der Waals surface area contributed by atoms with Gasteiger partial charge < -0.3 is 29.4 Å². The lowest BCUT2D eigenvalue weighted by atomic mass is 10.1. The Hall–Kier alpha value is 0.450. The van der Waals surface area contributed by atoms with Crippen molar-refractivity contribution in [3.8, 4) is 0 Å². The lowest BCUT2D eigenvalue weighted by Gasteiger charge is -2.28. The van der Waals surface area contributed by atoms with Gasteiger partial charge in [-0.15, -0.1) is 0 Å². The summed E-state index contributed by atoms with van der Waals surface area (Å²) in [6.45, 7) is 1.97. The van der Waals surface area contributed by atoms with Crippen LogP contribution in [0.15, 0.2) is 0 Å². The lowest BCUT2D eigenvalue weighted by molar-refractivity contribution is 0.313. The van der Waals surface area contributed by atoms with Gasteiger partial charge >= 0.3 is 22.8 Å². The number of rotatable bonds is 10. The fourth-order valence-corrected chi connectivity index (χ4v) is 7.81. The van der Waals surface area contributed by atoms with E-state index in [9.17, 15) is 23.5 Å². The minimum absolute atomic E-state index is 0.228. The van der Waals surface area contributed by atoms with Crippen LogP contribution in [0.1, 0.15) is 45.4 Å². The zero-order valence-corrected chi connectivity index (χ0v) is 14.3. The molecule has 0 aliphatic carbocycles. The zero-order valence-electron chi connectivity index (χ0n) is 11.6. The van der Waals surface area contributed by atoms with Crippen molar-refractivity contribution in [1.82, 2.24) is 0 Å². The second kappa shape index (κ2) is 8.34. The summed E-state index contributed by atoms with van der Waals surface area (Å²) >= 11 is 0. The Bertz CT molecular complexity index is 425. The summed E-state index contributed by atoms with van der Waals surface area (Å²) < 4.78 is 33.9. The van der Waals surface area contributed by atoms with E-state index in [0.29, 0.717) is 6.42 Å². The molecular formula is C9H23O9P3. The van der Waals surface area contributed by atoms with Crippen molar-refractivity contribution < 1.29 is 43.1 Å². The van der Waals surface area contributed by atoms with Crippen LogP contribution in [0, 0.1) is 0 Å². The number of hydrogen-bond donors (Lipinski definition) is 6. The van der Waals surface area contributed by atoms with E-state index >= 15 is 0 Å². The Labute approximate surface area is 123 Å². The summed E-state index contributed by atoms with van der Waals surface area (Å²) in [5.74, 6) is 0. The number of hydrogen-bond acceptors (Lipinski definition) is 3. The van der Waals surface area contributed by atoms with Crippen molar-refractivity contribution in [3.05, 3.63) is 0 Å². The van der Waals surface area contributed by atoms with Crippen molar-refractivity contribution >= 4 is 22.8 Å². The first-order valence-corrected chi connectivity index (χ1v) is 11.5. The van der Waals surface area contributed by atoms with Crippen LogP contribution < -0.4 is 0 Å². The van der Waals surface area contributed by atoms with Gasteiger partial charge in [-0.05, 0) is 6.42 Å². The maximum atomic E-state index is 11.4. The molecule has 0 aromatic heterocycles. The highest BCUT2D eigenvalue weighted by molar-refractivity contribution is 7.72. The Balaban J connectivity index is 5.17. The first kappa shape index (κ1) is 21.4. The molecule has 0 aliphatic rings. The normalized spacial score (nSPS) is 15.4. The van der Waals surface area contributed by atoms with Crippen LogP contribution in [0.3, 0.4) is 0 Å². The van der Waals surface area contributed by atoms with Crippen LogP contribution in [0.5, 0.6) is 0 Å². The maximum Gasteiger partial charge on any atom is 0.341 e. The summed E-state index contributed by atoms with van der Waals surface area (Å²) in [5.41, 5.74) is -2.05. The van der Waals surface area contributed by atoms with Crippen LogP contribution in [-0.2, 0) is 13.7 Å². The predicted molar refractivity (Wildman–Crippen MR) is 77.1 cm³/mol. The topological polar surface area (TPSA) is 173 Å². The van der Waals surface area contributed by atoms with Gasteiger partial charge in [-0.25, -0.2) is 0 Å². The fourth-order valence-electron chi connectivity index (χ4n) is 2.09. The van der Waals surface area contributed by atoms with Gasteiger partial charge in [0.1, 0.15) is 0 Å². The van der Waals surface area contributed by atoms with Gasteiger partial charge in [0.15, 0.2) is 5.40 Å². The second-order valence-electron chi connectivity index (χ2n) is 4.95. The van der Waals surface area contributed by atoms with E-state index in [-0.39, 0.29) is 12.8 Å². The quantitative estimate of drug-likeness (QED) is 0.247. The van der Waals surface area contributed by atoms with Crippen molar-refractivity contribution in [1.29, 1.82) is 0 Å². The van der Waals surface area contributed by atoms with Crippen LogP contribution in [0.25, 0.3) is 0 Å². The molecule has 0 radical (unpaired) electrons. The lowest BCUT2D eigenvalue weighted by Crippen LogP contribution is -2.27. The van der Waals surface area contributed by atoms with Crippen LogP contribution in [-0.4, -0.2) is 40.4 Å². The number of unbranched alkanes of at least 4 members (excludes halogenated alkanes) is 4.